The zero-order valence-corrected chi connectivity index (χ0v) is 12.0. The first-order chi connectivity index (χ1) is 8.16. The van der Waals surface area contributed by atoms with E-state index in [1.165, 1.54) is 0 Å². The van der Waals surface area contributed by atoms with Crippen LogP contribution in [0.4, 0.5) is 0 Å². The van der Waals surface area contributed by atoms with Crippen molar-refractivity contribution in [2.24, 2.45) is 0 Å². The fourth-order valence-electron chi connectivity index (χ4n) is 1.38. The van der Waals surface area contributed by atoms with Crippen molar-refractivity contribution in [2.45, 2.75) is 13.1 Å². The third-order valence-corrected chi connectivity index (χ3v) is 3.41. The lowest BCUT2D eigenvalue weighted by Gasteiger charge is -2.06. The molecule has 0 atom stereocenters. The molecule has 1 aromatic carbocycles. The van der Waals surface area contributed by atoms with Gasteiger partial charge in [-0.05, 0) is 49.6 Å². The van der Waals surface area contributed by atoms with Gasteiger partial charge in [-0.1, -0.05) is 5.16 Å². The van der Waals surface area contributed by atoms with Crippen LogP contribution in [0.1, 0.15) is 11.3 Å². The first-order valence-corrected chi connectivity index (χ1v) is 6.52. The number of halogens is 2. The summed E-state index contributed by atoms with van der Waals surface area (Å²) >= 11 is 6.58. The number of rotatable bonds is 4. The molecule has 0 radical (unpaired) electrons. The Labute approximate surface area is 115 Å². The monoisotopic (exact) mass is 360 g/mol. The fourth-order valence-corrected chi connectivity index (χ4v) is 2.66. The summed E-state index contributed by atoms with van der Waals surface area (Å²) < 4.78 is 6.31. The third kappa shape index (κ3) is 3.31. The molecule has 0 aliphatic heterocycles. The number of hydrogen-bond acceptors (Lipinski definition) is 4. The molecule has 0 saturated carbocycles. The smallest absolute Gasteiger partial charge is 0.150 e. The van der Waals surface area contributed by atoms with Gasteiger partial charge < -0.3 is 14.9 Å². The minimum Gasteiger partial charge on any atom is -0.506 e. The standard InChI is InChI=1S/C11H10Br2N2O2/c12-9-3-7(4-10(13)11(9)16)5-14-6-8-1-2-15-17-8/h1-4,14,16H,5-6H2. The highest BCUT2D eigenvalue weighted by Gasteiger charge is 2.05. The second-order valence-electron chi connectivity index (χ2n) is 3.49. The van der Waals surface area contributed by atoms with E-state index in [4.69, 9.17) is 4.52 Å². The van der Waals surface area contributed by atoms with Gasteiger partial charge in [0.25, 0.3) is 0 Å². The van der Waals surface area contributed by atoms with Gasteiger partial charge in [0.1, 0.15) is 11.5 Å². The topological polar surface area (TPSA) is 58.3 Å². The van der Waals surface area contributed by atoms with Crippen LogP contribution in [0.25, 0.3) is 0 Å². The van der Waals surface area contributed by atoms with Crippen molar-refractivity contribution in [1.82, 2.24) is 10.5 Å². The van der Waals surface area contributed by atoms with E-state index in [2.05, 4.69) is 42.3 Å². The van der Waals surface area contributed by atoms with Crippen molar-refractivity contribution < 1.29 is 9.63 Å². The average molecular weight is 362 g/mol. The third-order valence-electron chi connectivity index (χ3n) is 2.20. The van der Waals surface area contributed by atoms with Gasteiger partial charge in [-0.25, -0.2) is 0 Å². The van der Waals surface area contributed by atoms with Gasteiger partial charge in [-0.15, -0.1) is 0 Å². The summed E-state index contributed by atoms with van der Waals surface area (Å²) in [6.45, 7) is 1.30. The molecule has 0 saturated heterocycles. The molecule has 1 aromatic heterocycles. The minimum absolute atomic E-state index is 0.212. The van der Waals surface area contributed by atoms with Crippen molar-refractivity contribution >= 4 is 31.9 Å². The lowest BCUT2D eigenvalue weighted by molar-refractivity contribution is 0.372. The minimum atomic E-state index is 0.212. The summed E-state index contributed by atoms with van der Waals surface area (Å²) in [4.78, 5) is 0. The highest BCUT2D eigenvalue weighted by molar-refractivity contribution is 9.11. The number of benzene rings is 1. The quantitative estimate of drug-likeness (QED) is 0.877. The van der Waals surface area contributed by atoms with Crippen LogP contribution in [-0.2, 0) is 13.1 Å². The van der Waals surface area contributed by atoms with Gasteiger partial charge in [0, 0.05) is 12.6 Å². The Balaban J connectivity index is 1.95. The van der Waals surface area contributed by atoms with E-state index in [1.807, 2.05) is 18.2 Å². The second kappa shape index (κ2) is 5.66. The van der Waals surface area contributed by atoms with E-state index < -0.39 is 0 Å². The molecule has 0 fully saturated rings. The van der Waals surface area contributed by atoms with Crippen molar-refractivity contribution in [3.05, 3.63) is 44.7 Å². The molecule has 0 spiro atoms. The molecule has 0 amide bonds. The van der Waals surface area contributed by atoms with Crippen LogP contribution >= 0.6 is 31.9 Å². The Morgan fingerprint density at radius 1 is 1.24 bits per heavy atom. The Bertz CT molecular complexity index is 477. The molecule has 0 aliphatic carbocycles. The number of aromatic nitrogens is 1. The Morgan fingerprint density at radius 2 is 1.94 bits per heavy atom. The number of aromatic hydroxyl groups is 1. The van der Waals surface area contributed by atoms with Crippen LogP contribution in [0.5, 0.6) is 5.75 Å². The molecule has 17 heavy (non-hydrogen) atoms. The number of phenols is 1. The van der Waals surface area contributed by atoms with Crippen molar-refractivity contribution in [3.8, 4) is 5.75 Å². The molecule has 0 unspecified atom stereocenters. The molecule has 6 heteroatoms. The van der Waals surface area contributed by atoms with E-state index in [9.17, 15) is 5.11 Å². The largest absolute Gasteiger partial charge is 0.506 e. The first kappa shape index (κ1) is 12.6. The lowest BCUT2D eigenvalue weighted by Crippen LogP contribution is -2.12. The maximum absolute atomic E-state index is 9.57. The van der Waals surface area contributed by atoms with E-state index in [0.717, 1.165) is 11.3 Å². The molecule has 2 aromatic rings. The van der Waals surface area contributed by atoms with Crippen molar-refractivity contribution in [2.75, 3.05) is 0 Å². The van der Waals surface area contributed by atoms with E-state index in [-0.39, 0.29) is 5.75 Å². The molecular formula is C11H10Br2N2O2. The predicted molar refractivity (Wildman–Crippen MR) is 70.6 cm³/mol. The van der Waals surface area contributed by atoms with E-state index in [0.29, 0.717) is 22.0 Å². The van der Waals surface area contributed by atoms with Gasteiger partial charge in [0.15, 0.2) is 0 Å². The number of hydrogen-bond donors (Lipinski definition) is 2. The summed E-state index contributed by atoms with van der Waals surface area (Å²) in [5.41, 5.74) is 1.06. The lowest BCUT2D eigenvalue weighted by atomic mass is 10.2. The Morgan fingerprint density at radius 3 is 2.53 bits per heavy atom. The molecule has 1 heterocycles. The fraction of sp³-hybridized carbons (Fsp3) is 0.182. The maximum Gasteiger partial charge on any atom is 0.150 e. The number of nitrogens with one attached hydrogen (secondary N) is 1. The van der Waals surface area contributed by atoms with Crippen LogP contribution < -0.4 is 5.32 Å². The summed E-state index contributed by atoms with van der Waals surface area (Å²) in [6.07, 6.45) is 1.62. The average Bonchev–Trinajstić information content (AvgIpc) is 2.79. The zero-order valence-electron chi connectivity index (χ0n) is 8.78. The van der Waals surface area contributed by atoms with E-state index >= 15 is 0 Å². The zero-order chi connectivity index (χ0) is 12.3. The van der Waals surface area contributed by atoms with Gasteiger partial charge in [-0.3, -0.25) is 0 Å². The van der Waals surface area contributed by atoms with Crippen LogP contribution in [0.15, 0.2) is 37.9 Å². The van der Waals surface area contributed by atoms with Crippen LogP contribution in [-0.4, -0.2) is 10.3 Å². The summed E-state index contributed by atoms with van der Waals surface area (Å²) in [6, 6.07) is 5.55. The van der Waals surface area contributed by atoms with Gasteiger partial charge in [0.2, 0.25) is 0 Å². The van der Waals surface area contributed by atoms with Crippen molar-refractivity contribution in [1.29, 1.82) is 0 Å². The van der Waals surface area contributed by atoms with Gasteiger partial charge >= 0.3 is 0 Å². The van der Waals surface area contributed by atoms with E-state index in [1.54, 1.807) is 6.20 Å². The highest BCUT2D eigenvalue weighted by Crippen LogP contribution is 2.33. The highest BCUT2D eigenvalue weighted by atomic mass is 79.9. The maximum atomic E-state index is 9.57. The molecule has 4 nitrogen and oxygen atoms in total. The summed E-state index contributed by atoms with van der Waals surface area (Å²) in [5.74, 6) is 1.01. The van der Waals surface area contributed by atoms with Gasteiger partial charge in [-0.2, -0.15) is 0 Å². The molecular weight excluding hydrogens is 352 g/mol. The normalized spacial score (nSPS) is 10.7. The molecule has 2 rings (SSSR count). The van der Waals surface area contributed by atoms with Crippen LogP contribution in [0.2, 0.25) is 0 Å². The summed E-state index contributed by atoms with van der Waals surface area (Å²) in [5, 5.41) is 16.4. The molecule has 2 N–H and O–H groups in total. The summed E-state index contributed by atoms with van der Waals surface area (Å²) in [7, 11) is 0. The van der Waals surface area contributed by atoms with Crippen LogP contribution in [0, 0.1) is 0 Å². The number of phenolic OH excluding ortho intramolecular Hbond substituents is 1. The SMILES string of the molecule is Oc1c(Br)cc(CNCc2ccno2)cc1Br. The second-order valence-corrected chi connectivity index (χ2v) is 5.20. The Kier molecular flexibility index (Phi) is 4.20. The molecule has 90 valence electrons. The van der Waals surface area contributed by atoms with Gasteiger partial charge in [0.05, 0.1) is 21.7 Å². The molecule has 0 aliphatic rings. The first-order valence-electron chi connectivity index (χ1n) is 4.94. The molecule has 0 bridgehead atoms. The van der Waals surface area contributed by atoms with Crippen molar-refractivity contribution in [3.63, 3.8) is 0 Å². The predicted octanol–water partition coefficient (Wildman–Crippen LogP) is 3.20. The Hall–Kier alpha value is -0.850. The van der Waals surface area contributed by atoms with Crippen LogP contribution in [0.3, 0.4) is 0 Å². The number of nitrogens with zero attached hydrogens (tertiary/aromatic N) is 1.